The van der Waals surface area contributed by atoms with E-state index in [2.05, 4.69) is 20.3 Å². The third-order valence-electron chi connectivity index (χ3n) is 6.23. The quantitative estimate of drug-likeness (QED) is 0.474. The number of hydrogen-bond donors (Lipinski definition) is 1. The average molecular weight is 458 g/mol. The Kier molecular flexibility index (Phi) is 4.79. The number of fused-ring (bicyclic) bond motifs is 2. The van der Waals surface area contributed by atoms with Gasteiger partial charge in [0.15, 0.2) is 5.13 Å². The predicted octanol–water partition coefficient (Wildman–Crippen LogP) is 4.88. The van der Waals surface area contributed by atoms with E-state index < -0.39 is 5.41 Å². The molecule has 7 nitrogen and oxygen atoms in total. The minimum atomic E-state index is -0.580. The molecular formula is C25H23N5O2S. The standard InChI is InChI=1S/C25H23N5O2S/c1-13-14(2)27-19-11-16(6-8-18(19)26-13)22(31)29-24-28-20(12-33-24)15-7-9-21-17(10-15)25(3,4)23(32)30(21)5/h6-12H,1-5H3,(H,28,29,31). The van der Waals surface area contributed by atoms with Crippen molar-refractivity contribution in [1.29, 1.82) is 0 Å². The van der Waals surface area contributed by atoms with Crippen molar-refractivity contribution in [3.63, 3.8) is 0 Å². The molecule has 2 aromatic heterocycles. The fourth-order valence-electron chi connectivity index (χ4n) is 4.14. The molecule has 0 aliphatic carbocycles. The van der Waals surface area contributed by atoms with Crippen LogP contribution in [-0.2, 0) is 10.2 Å². The number of aromatic nitrogens is 3. The molecule has 8 heteroatoms. The van der Waals surface area contributed by atoms with Crippen LogP contribution in [0.4, 0.5) is 10.8 Å². The second-order valence-electron chi connectivity index (χ2n) is 8.81. The Labute approximate surface area is 195 Å². The van der Waals surface area contributed by atoms with Crippen LogP contribution in [0.5, 0.6) is 0 Å². The summed E-state index contributed by atoms with van der Waals surface area (Å²) in [4.78, 5) is 40.7. The first-order valence-corrected chi connectivity index (χ1v) is 11.5. The average Bonchev–Trinajstić information content (AvgIpc) is 3.32. The zero-order valence-corrected chi connectivity index (χ0v) is 19.9. The SMILES string of the molecule is Cc1nc2ccc(C(=O)Nc3nc(-c4ccc5c(c4)C(C)(C)C(=O)N5C)cs3)cc2nc1C. The van der Waals surface area contributed by atoms with Gasteiger partial charge < -0.3 is 4.90 Å². The molecule has 0 bridgehead atoms. The summed E-state index contributed by atoms with van der Waals surface area (Å²) >= 11 is 1.36. The molecule has 0 spiro atoms. The summed E-state index contributed by atoms with van der Waals surface area (Å²) in [5.41, 5.74) is 6.65. The highest BCUT2D eigenvalue weighted by Crippen LogP contribution is 2.42. The van der Waals surface area contributed by atoms with Crippen LogP contribution in [0.1, 0.15) is 41.2 Å². The normalized spacial score (nSPS) is 14.6. The molecule has 1 aliphatic heterocycles. The minimum Gasteiger partial charge on any atom is -0.314 e. The summed E-state index contributed by atoms with van der Waals surface area (Å²) in [6.45, 7) is 7.69. The zero-order chi connectivity index (χ0) is 23.5. The van der Waals surface area contributed by atoms with Crippen LogP contribution >= 0.6 is 11.3 Å². The number of nitrogens with one attached hydrogen (secondary N) is 1. The number of carbonyl (C=O) groups is 2. The molecule has 0 unspecified atom stereocenters. The molecule has 0 atom stereocenters. The first kappa shape index (κ1) is 21.2. The van der Waals surface area contributed by atoms with Crippen LogP contribution in [0.2, 0.25) is 0 Å². The maximum Gasteiger partial charge on any atom is 0.257 e. The molecule has 5 rings (SSSR count). The van der Waals surface area contributed by atoms with E-state index in [1.54, 1.807) is 24.1 Å². The topological polar surface area (TPSA) is 88.1 Å². The largest absolute Gasteiger partial charge is 0.314 e. The fraction of sp³-hybridized carbons (Fsp3) is 0.240. The molecule has 4 aromatic rings. The summed E-state index contributed by atoms with van der Waals surface area (Å²) in [6, 6.07) is 11.2. The van der Waals surface area contributed by atoms with Crippen molar-refractivity contribution in [2.75, 3.05) is 17.3 Å². The molecule has 2 aromatic carbocycles. The molecule has 0 saturated heterocycles. The molecule has 0 radical (unpaired) electrons. The highest BCUT2D eigenvalue weighted by atomic mass is 32.1. The molecular weight excluding hydrogens is 434 g/mol. The third kappa shape index (κ3) is 3.47. The van der Waals surface area contributed by atoms with Crippen molar-refractivity contribution in [3.05, 3.63) is 64.3 Å². The lowest BCUT2D eigenvalue weighted by Gasteiger charge is -2.16. The summed E-state index contributed by atoms with van der Waals surface area (Å²) < 4.78 is 0. The first-order valence-electron chi connectivity index (χ1n) is 10.6. The Morgan fingerprint density at radius 1 is 1.00 bits per heavy atom. The van der Waals surface area contributed by atoms with Crippen LogP contribution in [0, 0.1) is 13.8 Å². The Morgan fingerprint density at radius 2 is 1.73 bits per heavy atom. The Balaban J connectivity index is 1.39. The maximum atomic E-state index is 12.8. The van der Waals surface area contributed by atoms with E-state index in [1.165, 1.54) is 11.3 Å². The number of aryl methyl sites for hydroxylation is 2. The third-order valence-corrected chi connectivity index (χ3v) is 6.99. The zero-order valence-electron chi connectivity index (χ0n) is 19.1. The van der Waals surface area contributed by atoms with Gasteiger partial charge in [-0.1, -0.05) is 6.07 Å². The van der Waals surface area contributed by atoms with Gasteiger partial charge in [-0.25, -0.2) is 15.0 Å². The van der Waals surface area contributed by atoms with Crippen LogP contribution in [0.15, 0.2) is 41.8 Å². The van der Waals surface area contributed by atoms with Crippen molar-refractivity contribution < 1.29 is 9.59 Å². The predicted molar refractivity (Wildman–Crippen MR) is 131 cm³/mol. The summed E-state index contributed by atoms with van der Waals surface area (Å²) in [5.74, 6) is -0.175. The van der Waals surface area contributed by atoms with E-state index in [0.717, 1.165) is 39.4 Å². The number of anilines is 2. The van der Waals surface area contributed by atoms with Crippen LogP contribution in [-0.4, -0.2) is 33.8 Å². The van der Waals surface area contributed by atoms with Gasteiger partial charge >= 0.3 is 0 Å². The van der Waals surface area contributed by atoms with Gasteiger partial charge in [-0.2, -0.15) is 0 Å². The van der Waals surface area contributed by atoms with E-state index in [4.69, 9.17) is 0 Å². The van der Waals surface area contributed by atoms with Gasteiger partial charge in [0.05, 0.1) is 33.5 Å². The van der Waals surface area contributed by atoms with Gasteiger partial charge in [0, 0.05) is 29.2 Å². The van der Waals surface area contributed by atoms with Gasteiger partial charge in [0.2, 0.25) is 5.91 Å². The monoisotopic (exact) mass is 457 g/mol. The van der Waals surface area contributed by atoms with E-state index in [9.17, 15) is 9.59 Å². The number of amides is 2. The van der Waals surface area contributed by atoms with Crippen molar-refractivity contribution in [2.24, 2.45) is 0 Å². The van der Waals surface area contributed by atoms with Gasteiger partial charge in [0.25, 0.3) is 5.91 Å². The Bertz CT molecular complexity index is 1460. The number of nitrogens with zero attached hydrogens (tertiary/aromatic N) is 4. The van der Waals surface area contributed by atoms with E-state index >= 15 is 0 Å². The second-order valence-corrected chi connectivity index (χ2v) is 9.67. The smallest absolute Gasteiger partial charge is 0.257 e. The van der Waals surface area contributed by atoms with E-state index in [-0.39, 0.29) is 11.8 Å². The Hall–Kier alpha value is -3.65. The number of hydrogen-bond acceptors (Lipinski definition) is 6. The molecule has 0 fully saturated rings. The number of thiazole rings is 1. The van der Waals surface area contributed by atoms with Crippen molar-refractivity contribution in [1.82, 2.24) is 15.0 Å². The van der Waals surface area contributed by atoms with Crippen molar-refractivity contribution >= 4 is 45.0 Å². The van der Waals surface area contributed by atoms with Gasteiger partial charge in [-0.15, -0.1) is 11.3 Å². The Morgan fingerprint density at radius 3 is 2.48 bits per heavy atom. The number of likely N-dealkylation sites (N-methyl/N-ethyl adjacent to an activating group) is 1. The van der Waals surface area contributed by atoms with E-state index in [0.29, 0.717) is 16.2 Å². The second kappa shape index (κ2) is 7.45. The number of carbonyl (C=O) groups excluding carboxylic acids is 2. The summed E-state index contributed by atoms with van der Waals surface area (Å²) in [7, 11) is 1.80. The lowest BCUT2D eigenvalue weighted by molar-refractivity contribution is -0.121. The minimum absolute atomic E-state index is 0.0753. The summed E-state index contributed by atoms with van der Waals surface area (Å²) in [6.07, 6.45) is 0. The van der Waals surface area contributed by atoms with Crippen molar-refractivity contribution in [2.45, 2.75) is 33.1 Å². The van der Waals surface area contributed by atoms with Crippen molar-refractivity contribution in [3.8, 4) is 11.3 Å². The molecule has 166 valence electrons. The van der Waals surface area contributed by atoms with Crippen LogP contribution in [0.3, 0.4) is 0 Å². The number of rotatable bonds is 3. The lowest BCUT2D eigenvalue weighted by atomic mass is 9.85. The first-order chi connectivity index (χ1) is 15.6. The molecule has 0 saturated carbocycles. The van der Waals surface area contributed by atoms with Gasteiger partial charge in [-0.3, -0.25) is 14.9 Å². The van der Waals surface area contributed by atoms with Crippen LogP contribution in [0.25, 0.3) is 22.3 Å². The molecule has 33 heavy (non-hydrogen) atoms. The molecule has 1 N–H and O–H groups in total. The molecule has 3 heterocycles. The van der Waals surface area contributed by atoms with Crippen LogP contribution < -0.4 is 10.2 Å². The van der Waals surface area contributed by atoms with Gasteiger partial charge in [-0.05, 0) is 63.6 Å². The number of benzene rings is 2. The van der Waals surface area contributed by atoms with E-state index in [1.807, 2.05) is 57.3 Å². The highest BCUT2D eigenvalue weighted by molar-refractivity contribution is 7.14. The lowest BCUT2D eigenvalue weighted by Crippen LogP contribution is -2.33. The van der Waals surface area contributed by atoms with Gasteiger partial charge in [0.1, 0.15) is 0 Å². The molecule has 1 aliphatic rings. The maximum absolute atomic E-state index is 12.8. The highest BCUT2D eigenvalue weighted by Gasteiger charge is 2.42. The molecule has 2 amide bonds. The fourth-order valence-corrected chi connectivity index (χ4v) is 4.85. The summed E-state index contributed by atoms with van der Waals surface area (Å²) in [5, 5.41) is 5.29.